The second kappa shape index (κ2) is 8.39. The van der Waals surface area contributed by atoms with E-state index in [4.69, 9.17) is 9.47 Å². The Hall–Kier alpha value is -3.61. The molecule has 0 N–H and O–H groups in total. The summed E-state index contributed by atoms with van der Waals surface area (Å²) >= 11 is 0. The topological polar surface area (TPSA) is 55.8 Å². The highest BCUT2D eigenvalue weighted by molar-refractivity contribution is 7.89. The van der Waals surface area contributed by atoms with E-state index in [1.807, 2.05) is 91.0 Å². The van der Waals surface area contributed by atoms with Crippen molar-refractivity contribution in [1.29, 1.82) is 0 Å². The van der Waals surface area contributed by atoms with Crippen LogP contribution in [0.15, 0.2) is 114 Å². The predicted octanol–water partition coefficient (Wildman–Crippen LogP) is 5.18. The summed E-state index contributed by atoms with van der Waals surface area (Å²) in [5, 5.41) is 0. The molecule has 1 aliphatic heterocycles. The van der Waals surface area contributed by atoms with E-state index < -0.39 is 15.8 Å². The highest BCUT2D eigenvalue weighted by Crippen LogP contribution is 2.48. The standard InChI is InChI=1S/C27H23NO4S/c1-28(20-21-11-5-2-6-12-21)33(29,30)24-17-18-25-26(19-24)32-27(31-25,22-13-7-3-8-14-22)23-15-9-4-10-16-23/h2-19H,20H2,1H3. The van der Waals surface area contributed by atoms with Crippen molar-refractivity contribution in [2.75, 3.05) is 7.05 Å². The maximum atomic E-state index is 13.3. The van der Waals surface area contributed by atoms with Gasteiger partial charge in [0, 0.05) is 30.8 Å². The zero-order chi connectivity index (χ0) is 22.9. The molecule has 4 aromatic rings. The fourth-order valence-corrected chi connectivity index (χ4v) is 5.14. The van der Waals surface area contributed by atoms with Gasteiger partial charge < -0.3 is 9.47 Å². The molecular weight excluding hydrogens is 434 g/mol. The molecule has 1 aliphatic rings. The van der Waals surface area contributed by atoms with Gasteiger partial charge in [-0.05, 0) is 17.7 Å². The highest BCUT2D eigenvalue weighted by atomic mass is 32.2. The predicted molar refractivity (Wildman–Crippen MR) is 126 cm³/mol. The zero-order valence-corrected chi connectivity index (χ0v) is 18.9. The average Bonchev–Trinajstić information content (AvgIpc) is 3.26. The lowest BCUT2D eigenvalue weighted by atomic mass is 9.97. The van der Waals surface area contributed by atoms with Crippen LogP contribution in [0.1, 0.15) is 16.7 Å². The first kappa shape index (κ1) is 21.2. The highest BCUT2D eigenvalue weighted by Gasteiger charge is 2.45. The molecule has 5 rings (SSSR count). The van der Waals surface area contributed by atoms with Crippen LogP contribution in [0.4, 0.5) is 0 Å². The smallest absolute Gasteiger partial charge is 0.305 e. The Balaban J connectivity index is 1.50. The summed E-state index contributed by atoms with van der Waals surface area (Å²) in [4.78, 5) is 0.153. The minimum atomic E-state index is -3.73. The van der Waals surface area contributed by atoms with Crippen LogP contribution >= 0.6 is 0 Å². The van der Waals surface area contributed by atoms with Crippen molar-refractivity contribution in [2.24, 2.45) is 0 Å². The van der Waals surface area contributed by atoms with Crippen molar-refractivity contribution in [2.45, 2.75) is 17.2 Å². The SMILES string of the molecule is CN(Cc1ccccc1)S(=O)(=O)c1ccc2c(c1)OC(c1ccccc1)(c1ccccc1)O2. The van der Waals surface area contributed by atoms with Crippen LogP contribution in [0, 0.1) is 0 Å². The van der Waals surface area contributed by atoms with E-state index in [0.717, 1.165) is 16.7 Å². The summed E-state index contributed by atoms with van der Waals surface area (Å²) in [7, 11) is -2.15. The Bertz CT molecular complexity index is 1320. The van der Waals surface area contributed by atoms with Crippen LogP contribution in [0.25, 0.3) is 0 Å². The van der Waals surface area contributed by atoms with Crippen LogP contribution in [0.3, 0.4) is 0 Å². The molecule has 4 aromatic carbocycles. The minimum Gasteiger partial charge on any atom is -0.440 e. The van der Waals surface area contributed by atoms with Gasteiger partial charge in [0.25, 0.3) is 0 Å². The Morgan fingerprint density at radius 1 is 0.697 bits per heavy atom. The molecule has 33 heavy (non-hydrogen) atoms. The van der Waals surface area contributed by atoms with Gasteiger partial charge in [0.1, 0.15) is 0 Å². The third-order valence-corrected chi connectivity index (χ3v) is 7.49. The number of hydrogen-bond acceptors (Lipinski definition) is 4. The maximum Gasteiger partial charge on any atom is 0.305 e. The molecule has 0 amide bonds. The molecule has 1 heterocycles. The van der Waals surface area contributed by atoms with Gasteiger partial charge in [-0.1, -0.05) is 91.0 Å². The normalized spacial score (nSPS) is 14.4. The number of ether oxygens (including phenoxy) is 2. The van der Waals surface area contributed by atoms with Crippen LogP contribution in [0.2, 0.25) is 0 Å². The first-order chi connectivity index (χ1) is 16.0. The van der Waals surface area contributed by atoms with Crippen molar-refractivity contribution < 1.29 is 17.9 Å². The van der Waals surface area contributed by atoms with E-state index >= 15 is 0 Å². The molecule has 0 fully saturated rings. The van der Waals surface area contributed by atoms with E-state index in [9.17, 15) is 8.42 Å². The van der Waals surface area contributed by atoms with Gasteiger partial charge in [0.2, 0.25) is 10.0 Å². The lowest BCUT2D eigenvalue weighted by Crippen LogP contribution is -2.36. The molecule has 0 unspecified atom stereocenters. The molecule has 0 aromatic heterocycles. The summed E-state index contributed by atoms with van der Waals surface area (Å²) in [5.41, 5.74) is 2.55. The molecule has 6 heteroatoms. The van der Waals surface area contributed by atoms with Crippen molar-refractivity contribution in [1.82, 2.24) is 4.31 Å². The number of rotatable bonds is 6. The molecular formula is C27H23NO4S. The summed E-state index contributed by atoms with van der Waals surface area (Å²) in [5.74, 6) is -0.312. The monoisotopic (exact) mass is 457 g/mol. The molecule has 0 aliphatic carbocycles. The second-order valence-corrected chi connectivity index (χ2v) is 9.95. The Kier molecular flexibility index (Phi) is 5.40. The first-order valence-electron chi connectivity index (χ1n) is 10.6. The van der Waals surface area contributed by atoms with Crippen molar-refractivity contribution in [3.8, 4) is 11.5 Å². The zero-order valence-electron chi connectivity index (χ0n) is 18.1. The van der Waals surface area contributed by atoms with Gasteiger partial charge in [-0.2, -0.15) is 4.31 Å². The number of fused-ring (bicyclic) bond motifs is 1. The van der Waals surface area contributed by atoms with Crippen molar-refractivity contribution >= 4 is 10.0 Å². The Labute approximate surface area is 193 Å². The van der Waals surface area contributed by atoms with Gasteiger partial charge in [-0.15, -0.1) is 0 Å². The van der Waals surface area contributed by atoms with Crippen LogP contribution in [-0.4, -0.2) is 19.8 Å². The number of sulfonamides is 1. The molecule has 166 valence electrons. The number of hydrogen-bond donors (Lipinski definition) is 0. The number of nitrogens with zero attached hydrogens (tertiary/aromatic N) is 1. The minimum absolute atomic E-state index is 0.153. The summed E-state index contributed by atoms with van der Waals surface area (Å²) in [6.45, 7) is 0.273. The lowest BCUT2D eigenvalue weighted by molar-refractivity contribution is -0.0459. The summed E-state index contributed by atoms with van der Waals surface area (Å²) in [6.07, 6.45) is 0. The van der Waals surface area contributed by atoms with Gasteiger partial charge in [0.15, 0.2) is 11.5 Å². The van der Waals surface area contributed by atoms with Gasteiger partial charge in [-0.25, -0.2) is 8.42 Å². The Morgan fingerprint density at radius 2 is 1.21 bits per heavy atom. The molecule has 0 saturated heterocycles. The van der Waals surface area contributed by atoms with Gasteiger partial charge >= 0.3 is 5.79 Å². The van der Waals surface area contributed by atoms with Gasteiger partial charge in [0.05, 0.1) is 4.90 Å². The van der Waals surface area contributed by atoms with Crippen molar-refractivity contribution in [3.63, 3.8) is 0 Å². The quantitative estimate of drug-likeness (QED) is 0.400. The van der Waals surface area contributed by atoms with Gasteiger partial charge in [-0.3, -0.25) is 0 Å². The average molecular weight is 458 g/mol. The molecule has 0 bridgehead atoms. The summed E-state index contributed by atoms with van der Waals surface area (Å²) in [6, 6.07) is 33.5. The second-order valence-electron chi connectivity index (χ2n) is 7.91. The molecule has 5 nitrogen and oxygen atoms in total. The molecule has 0 spiro atoms. The van der Waals surface area contributed by atoms with Crippen LogP contribution < -0.4 is 9.47 Å². The lowest BCUT2D eigenvalue weighted by Gasteiger charge is -2.28. The number of benzene rings is 4. The van der Waals surface area contributed by atoms with Crippen LogP contribution in [0.5, 0.6) is 11.5 Å². The van der Waals surface area contributed by atoms with Crippen LogP contribution in [-0.2, 0) is 22.4 Å². The van der Waals surface area contributed by atoms with E-state index in [1.165, 1.54) is 4.31 Å². The fraction of sp³-hybridized carbons (Fsp3) is 0.111. The van der Waals surface area contributed by atoms with E-state index in [2.05, 4.69) is 0 Å². The summed E-state index contributed by atoms with van der Waals surface area (Å²) < 4.78 is 40.6. The largest absolute Gasteiger partial charge is 0.440 e. The fourth-order valence-electron chi connectivity index (χ4n) is 3.97. The maximum absolute atomic E-state index is 13.3. The van der Waals surface area contributed by atoms with E-state index in [0.29, 0.717) is 11.5 Å². The van der Waals surface area contributed by atoms with Crippen molar-refractivity contribution in [3.05, 3.63) is 126 Å². The first-order valence-corrected chi connectivity index (χ1v) is 12.1. The molecule has 0 atom stereocenters. The molecule has 0 radical (unpaired) electrons. The third kappa shape index (κ3) is 3.88. The Morgan fingerprint density at radius 3 is 1.79 bits per heavy atom. The van der Waals surface area contributed by atoms with E-state index in [1.54, 1.807) is 25.2 Å². The van der Waals surface area contributed by atoms with E-state index in [-0.39, 0.29) is 11.4 Å². The third-order valence-electron chi connectivity index (χ3n) is 5.69. The molecule has 0 saturated carbocycles.